The van der Waals surface area contributed by atoms with Gasteiger partial charge in [-0.15, -0.1) is 0 Å². The van der Waals surface area contributed by atoms with Crippen molar-refractivity contribution in [3.05, 3.63) is 35.9 Å². The monoisotopic (exact) mass is 233 g/mol. The summed E-state index contributed by atoms with van der Waals surface area (Å²) < 4.78 is 0. The molecule has 0 amide bonds. The predicted molar refractivity (Wildman–Crippen MR) is 71.1 cm³/mol. The van der Waals surface area contributed by atoms with Gasteiger partial charge in [-0.25, -0.2) is 0 Å². The highest BCUT2D eigenvalue weighted by Gasteiger charge is 2.41. The van der Waals surface area contributed by atoms with E-state index in [1.54, 1.807) is 0 Å². The summed E-state index contributed by atoms with van der Waals surface area (Å²) >= 11 is 0. The van der Waals surface area contributed by atoms with E-state index in [4.69, 9.17) is 5.11 Å². The van der Waals surface area contributed by atoms with E-state index in [1.807, 2.05) is 0 Å². The van der Waals surface area contributed by atoms with Crippen LogP contribution in [0.4, 0.5) is 0 Å². The SMILES string of the molecule is CC(CNCC1(CCO)CC1)c1ccccc1. The molecule has 1 aliphatic carbocycles. The summed E-state index contributed by atoms with van der Waals surface area (Å²) in [7, 11) is 0. The second kappa shape index (κ2) is 5.65. The van der Waals surface area contributed by atoms with E-state index in [1.165, 1.54) is 18.4 Å². The van der Waals surface area contributed by atoms with E-state index in [-0.39, 0.29) is 0 Å². The fraction of sp³-hybridized carbons (Fsp3) is 0.600. The molecule has 0 saturated heterocycles. The van der Waals surface area contributed by atoms with Crippen LogP contribution in [0.5, 0.6) is 0 Å². The van der Waals surface area contributed by atoms with Gasteiger partial charge in [-0.05, 0) is 36.2 Å². The van der Waals surface area contributed by atoms with Gasteiger partial charge in [-0.1, -0.05) is 37.3 Å². The Bertz CT molecular complexity index is 332. The first-order valence-corrected chi connectivity index (χ1v) is 6.62. The van der Waals surface area contributed by atoms with Crippen LogP contribution < -0.4 is 5.32 Å². The van der Waals surface area contributed by atoms with Crippen LogP contribution in [0.3, 0.4) is 0 Å². The third-order valence-corrected chi connectivity index (χ3v) is 3.92. The molecule has 0 heterocycles. The first-order valence-electron chi connectivity index (χ1n) is 6.62. The Labute approximate surface area is 104 Å². The molecule has 0 bridgehead atoms. The van der Waals surface area contributed by atoms with Gasteiger partial charge in [0, 0.05) is 19.7 Å². The van der Waals surface area contributed by atoms with Crippen LogP contribution in [0.25, 0.3) is 0 Å². The van der Waals surface area contributed by atoms with Crippen molar-refractivity contribution in [3.8, 4) is 0 Å². The van der Waals surface area contributed by atoms with Crippen molar-refractivity contribution >= 4 is 0 Å². The summed E-state index contributed by atoms with van der Waals surface area (Å²) in [4.78, 5) is 0. The molecular formula is C15H23NO. The Morgan fingerprint density at radius 1 is 1.29 bits per heavy atom. The Morgan fingerprint density at radius 2 is 2.00 bits per heavy atom. The summed E-state index contributed by atoms with van der Waals surface area (Å²) in [5.74, 6) is 0.557. The molecule has 2 nitrogen and oxygen atoms in total. The van der Waals surface area contributed by atoms with Crippen molar-refractivity contribution in [2.45, 2.75) is 32.1 Å². The van der Waals surface area contributed by atoms with Crippen LogP contribution in [0.2, 0.25) is 0 Å². The molecule has 0 radical (unpaired) electrons. The quantitative estimate of drug-likeness (QED) is 0.758. The first-order chi connectivity index (χ1) is 8.26. The van der Waals surface area contributed by atoms with E-state index in [2.05, 4.69) is 42.6 Å². The van der Waals surface area contributed by atoms with Gasteiger partial charge in [0.05, 0.1) is 0 Å². The zero-order chi connectivity index (χ0) is 12.1. The lowest BCUT2D eigenvalue weighted by molar-refractivity contribution is 0.245. The number of aliphatic hydroxyl groups is 1. The third-order valence-electron chi connectivity index (χ3n) is 3.92. The standard InChI is InChI=1S/C15H23NO/c1-13(14-5-3-2-4-6-14)11-16-12-15(7-8-15)9-10-17/h2-6,13,16-17H,7-12H2,1H3. The van der Waals surface area contributed by atoms with Crippen LogP contribution in [0.15, 0.2) is 30.3 Å². The molecule has 1 unspecified atom stereocenters. The van der Waals surface area contributed by atoms with Crippen molar-refractivity contribution < 1.29 is 5.11 Å². The van der Waals surface area contributed by atoms with Gasteiger partial charge in [0.1, 0.15) is 0 Å². The Morgan fingerprint density at radius 3 is 2.59 bits per heavy atom. The molecule has 94 valence electrons. The summed E-state index contributed by atoms with van der Waals surface area (Å²) in [5.41, 5.74) is 1.82. The molecule has 1 aromatic rings. The van der Waals surface area contributed by atoms with Gasteiger partial charge in [0.2, 0.25) is 0 Å². The fourth-order valence-electron chi connectivity index (χ4n) is 2.38. The van der Waals surface area contributed by atoms with Gasteiger partial charge in [-0.2, -0.15) is 0 Å². The van der Waals surface area contributed by atoms with Crippen LogP contribution in [0.1, 0.15) is 37.7 Å². The number of nitrogens with one attached hydrogen (secondary N) is 1. The molecule has 0 aliphatic heterocycles. The van der Waals surface area contributed by atoms with E-state index in [9.17, 15) is 0 Å². The van der Waals surface area contributed by atoms with Crippen LogP contribution in [-0.4, -0.2) is 24.8 Å². The summed E-state index contributed by atoms with van der Waals surface area (Å²) in [5, 5.41) is 12.6. The number of hydrogen-bond acceptors (Lipinski definition) is 2. The van der Waals surface area contributed by atoms with Gasteiger partial charge in [-0.3, -0.25) is 0 Å². The van der Waals surface area contributed by atoms with Crippen molar-refractivity contribution in [3.63, 3.8) is 0 Å². The minimum atomic E-state index is 0.329. The topological polar surface area (TPSA) is 32.3 Å². The minimum absolute atomic E-state index is 0.329. The van der Waals surface area contributed by atoms with Gasteiger partial charge >= 0.3 is 0 Å². The average Bonchev–Trinajstić information content (AvgIpc) is 3.11. The van der Waals surface area contributed by atoms with Gasteiger partial charge in [0.25, 0.3) is 0 Å². The van der Waals surface area contributed by atoms with Crippen LogP contribution in [0, 0.1) is 5.41 Å². The van der Waals surface area contributed by atoms with Crippen molar-refractivity contribution in [1.82, 2.24) is 5.32 Å². The second-order valence-electron chi connectivity index (χ2n) is 5.42. The molecule has 1 atom stereocenters. The first kappa shape index (κ1) is 12.6. The molecule has 17 heavy (non-hydrogen) atoms. The zero-order valence-corrected chi connectivity index (χ0v) is 10.7. The van der Waals surface area contributed by atoms with Crippen LogP contribution >= 0.6 is 0 Å². The van der Waals surface area contributed by atoms with E-state index >= 15 is 0 Å². The highest BCUT2D eigenvalue weighted by atomic mass is 16.3. The molecule has 1 aromatic carbocycles. The van der Waals surface area contributed by atoms with Crippen LogP contribution in [-0.2, 0) is 0 Å². The van der Waals surface area contributed by atoms with E-state index < -0.39 is 0 Å². The molecule has 2 N–H and O–H groups in total. The molecule has 0 spiro atoms. The zero-order valence-electron chi connectivity index (χ0n) is 10.7. The Balaban J connectivity index is 1.72. The van der Waals surface area contributed by atoms with Crippen molar-refractivity contribution in [2.24, 2.45) is 5.41 Å². The van der Waals surface area contributed by atoms with Crippen molar-refractivity contribution in [1.29, 1.82) is 0 Å². The summed E-state index contributed by atoms with van der Waals surface area (Å²) in [6.45, 7) is 4.67. The summed E-state index contributed by atoms with van der Waals surface area (Å²) in [6, 6.07) is 10.6. The molecule has 0 aromatic heterocycles. The highest BCUT2D eigenvalue weighted by Crippen LogP contribution is 2.47. The number of hydrogen-bond donors (Lipinski definition) is 2. The van der Waals surface area contributed by atoms with Gasteiger partial charge < -0.3 is 10.4 Å². The second-order valence-corrected chi connectivity index (χ2v) is 5.42. The largest absolute Gasteiger partial charge is 0.396 e. The molecular weight excluding hydrogens is 210 g/mol. The number of rotatable bonds is 7. The lowest BCUT2D eigenvalue weighted by Gasteiger charge is -2.17. The molecule has 1 fully saturated rings. The fourth-order valence-corrected chi connectivity index (χ4v) is 2.38. The Kier molecular flexibility index (Phi) is 4.19. The maximum Gasteiger partial charge on any atom is 0.0436 e. The molecule has 1 saturated carbocycles. The van der Waals surface area contributed by atoms with E-state index in [0.29, 0.717) is 17.9 Å². The third kappa shape index (κ3) is 3.55. The normalized spacial score (nSPS) is 18.9. The number of aliphatic hydroxyl groups excluding tert-OH is 1. The van der Waals surface area contributed by atoms with Gasteiger partial charge in [0.15, 0.2) is 0 Å². The summed E-state index contributed by atoms with van der Waals surface area (Å²) in [6.07, 6.45) is 3.51. The lowest BCUT2D eigenvalue weighted by atomic mass is 10.00. The number of benzene rings is 1. The highest BCUT2D eigenvalue weighted by molar-refractivity contribution is 5.19. The maximum absolute atomic E-state index is 9.00. The maximum atomic E-state index is 9.00. The smallest absolute Gasteiger partial charge is 0.0436 e. The predicted octanol–water partition coefficient (Wildman–Crippen LogP) is 2.54. The van der Waals surface area contributed by atoms with Crippen molar-refractivity contribution in [2.75, 3.05) is 19.7 Å². The Hall–Kier alpha value is -0.860. The van der Waals surface area contributed by atoms with E-state index in [0.717, 1.165) is 19.5 Å². The molecule has 1 aliphatic rings. The lowest BCUT2D eigenvalue weighted by Crippen LogP contribution is -2.28. The minimum Gasteiger partial charge on any atom is -0.396 e. The molecule has 2 heteroatoms. The average molecular weight is 233 g/mol. The molecule has 2 rings (SSSR count).